The zero-order chi connectivity index (χ0) is 14.1. The number of benzene rings is 1. The summed E-state index contributed by atoms with van der Waals surface area (Å²) >= 11 is 0. The minimum absolute atomic E-state index is 0.250. The van der Waals surface area contributed by atoms with Gasteiger partial charge in [0.25, 0.3) is 0 Å². The second kappa shape index (κ2) is 4.68. The van der Waals surface area contributed by atoms with Crippen molar-refractivity contribution < 1.29 is 36.2 Å². The number of alkyl halides is 6. The minimum Gasteiger partial charge on any atom is -0.497 e. The van der Waals surface area contributed by atoms with E-state index < -0.39 is 29.6 Å². The summed E-state index contributed by atoms with van der Waals surface area (Å²) in [6.45, 7) is 0. The van der Waals surface area contributed by atoms with Crippen LogP contribution in [0.15, 0.2) is 18.2 Å². The van der Waals surface area contributed by atoms with E-state index >= 15 is 0 Å². The molecule has 1 atom stereocenters. The maximum atomic E-state index is 12.6. The first-order chi connectivity index (χ1) is 8.07. The summed E-state index contributed by atoms with van der Waals surface area (Å²) in [6.07, 6.45) is -13.4. The molecule has 0 aliphatic heterocycles. The van der Waals surface area contributed by atoms with Crippen LogP contribution in [-0.2, 0) is 6.18 Å². The number of rotatable bonds is 2. The van der Waals surface area contributed by atoms with Crippen LogP contribution in [0.4, 0.5) is 26.3 Å². The molecule has 1 aromatic carbocycles. The average Bonchev–Trinajstić information content (AvgIpc) is 2.24. The van der Waals surface area contributed by atoms with E-state index in [1.807, 2.05) is 0 Å². The van der Waals surface area contributed by atoms with Crippen LogP contribution in [0.1, 0.15) is 17.2 Å². The van der Waals surface area contributed by atoms with Gasteiger partial charge in [-0.2, -0.15) is 26.3 Å². The van der Waals surface area contributed by atoms with Crippen molar-refractivity contribution >= 4 is 0 Å². The lowest BCUT2D eigenvalue weighted by molar-refractivity contribution is -0.209. The van der Waals surface area contributed by atoms with Crippen molar-refractivity contribution in [3.63, 3.8) is 0 Å². The van der Waals surface area contributed by atoms with Crippen molar-refractivity contribution in [1.82, 2.24) is 0 Å². The predicted octanol–water partition coefficient (Wildman–Crippen LogP) is 3.31. The van der Waals surface area contributed by atoms with Gasteiger partial charge in [0, 0.05) is 5.56 Å². The van der Waals surface area contributed by atoms with Crippen molar-refractivity contribution in [2.75, 3.05) is 7.11 Å². The van der Waals surface area contributed by atoms with Gasteiger partial charge in [-0.3, -0.25) is 0 Å². The fourth-order valence-corrected chi connectivity index (χ4v) is 1.32. The molecule has 1 N–H and O–H groups in total. The molecule has 18 heavy (non-hydrogen) atoms. The SMILES string of the molecule is COc1ccc([C@H](O)C(F)(F)F)c(C(F)(F)F)c1. The van der Waals surface area contributed by atoms with Gasteiger partial charge in [0.15, 0.2) is 6.10 Å². The molecule has 0 aliphatic carbocycles. The van der Waals surface area contributed by atoms with Crippen molar-refractivity contribution in [3.05, 3.63) is 29.3 Å². The van der Waals surface area contributed by atoms with Crippen LogP contribution in [0.25, 0.3) is 0 Å². The zero-order valence-corrected chi connectivity index (χ0v) is 8.93. The van der Waals surface area contributed by atoms with Gasteiger partial charge in [0.05, 0.1) is 12.7 Å². The number of hydrogen-bond donors (Lipinski definition) is 1. The normalized spacial score (nSPS) is 14.4. The number of halogens is 6. The maximum Gasteiger partial charge on any atom is 0.418 e. The summed E-state index contributed by atoms with van der Waals surface area (Å²) < 4.78 is 79.0. The minimum atomic E-state index is -5.17. The summed E-state index contributed by atoms with van der Waals surface area (Å²) in [4.78, 5) is 0. The monoisotopic (exact) mass is 274 g/mol. The third kappa shape index (κ3) is 3.06. The maximum absolute atomic E-state index is 12.6. The van der Waals surface area contributed by atoms with Crippen LogP contribution in [0, 0.1) is 0 Å². The van der Waals surface area contributed by atoms with Gasteiger partial charge in [0.2, 0.25) is 0 Å². The van der Waals surface area contributed by atoms with Crippen LogP contribution in [0.3, 0.4) is 0 Å². The van der Waals surface area contributed by atoms with E-state index in [2.05, 4.69) is 4.74 Å². The molecular formula is C10H8F6O2. The molecular weight excluding hydrogens is 266 g/mol. The summed E-state index contributed by atoms with van der Waals surface area (Å²) in [7, 11) is 1.08. The van der Waals surface area contributed by atoms with Crippen LogP contribution in [0.2, 0.25) is 0 Å². The highest BCUT2D eigenvalue weighted by atomic mass is 19.4. The van der Waals surface area contributed by atoms with Crippen LogP contribution in [-0.4, -0.2) is 18.4 Å². The molecule has 0 aromatic heterocycles. The zero-order valence-electron chi connectivity index (χ0n) is 8.93. The highest BCUT2D eigenvalue weighted by Crippen LogP contribution is 2.41. The largest absolute Gasteiger partial charge is 0.497 e. The Hall–Kier alpha value is -1.44. The van der Waals surface area contributed by atoms with Gasteiger partial charge in [-0.15, -0.1) is 0 Å². The molecule has 0 radical (unpaired) electrons. The third-order valence-electron chi connectivity index (χ3n) is 2.17. The second-order valence-corrected chi connectivity index (χ2v) is 3.40. The van der Waals surface area contributed by atoms with E-state index in [4.69, 9.17) is 5.11 Å². The topological polar surface area (TPSA) is 29.5 Å². The lowest BCUT2D eigenvalue weighted by atomic mass is 10.0. The molecule has 0 aliphatic rings. The van der Waals surface area contributed by atoms with E-state index in [1.54, 1.807) is 0 Å². The van der Waals surface area contributed by atoms with Gasteiger partial charge >= 0.3 is 12.4 Å². The number of methoxy groups -OCH3 is 1. The molecule has 0 saturated carbocycles. The van der Waals surface area contributed by atoms with E-state index in [9.17, 15) is 26.3 Å². The van der Waals surface area contributed by atoms with Crippen molar-refractivity contribution in [2.45, 2.75) is 18.5 Å². The average molecular weight is 274 g/mol. The summed E-state index contributed by atoms with van der Waals surface area (Å²) in [5.74, 6) is -0.250. The fourth-order valence-electron chi connectivity index (χ4n) is 1.32. The summed E-state index contributed by atoms with van der Waals surface area (Å²) in [6, 6.07) is 1.86. The smallest absolute Gasteiger partial charge is 0.418 e. The predicted molar refractivity (Wildman–Crippen MR) is 49.0 cm³/mol. The molecule has 0 spiro atoms. The molecule has 0 heterocycles. The molecule has 0 fully saturated rings. The van der Waals surface area contributed by atoms with Crippen LogP contribution in [0.5, 0.6) is 5.75 Å². The van der Waals surface area contributed by atoms with E-state index in [1.165, 1.54) is 0 Å². The number of hydrogen-bond acceptors (Lipinski definition) is 2. The Morgan fingerprint density at radius 3 is 2.06 bits per heavy atom. The fraction of sp³-hybridized carbons (Fsp3) is 0.400. The highest BCUT2D eigenvalue weighted by Gasteiger charge is 2.44. The quantitative estimate of drug-likeness (QED) is 0.838. The van der Waals surface area contributed by atoms with Crippen LogP contribution < -0.4 is 4.74 Å². The van der Waals surface area contributed by atoms with Crippen LogP contribution >= 0.6 is 0 Å². The Balaban J connectivity index is 3.36. The molecule has 0 amide bonds. The second-order valence-electron chi connectivity index (χ2n) is 3.40. The van der Waals surface area contributed by atoms with Gasteiger partial charge in [-0.25, -0.2) is 0 Å². The molecule has 0 bridgehead atoms. The highest BCUT2D eigenvalue weighted by molar-refractivity contribution is 5.39. The molecule has 2 nitrogen and oxygen atoms in total. The molecule has 8 heteroatoms. The third-order valence-corrected chi connectivity index (χ3v) is 2.17. The molecule has 1 rings (SSSR count). The first kappa shape index (κ1) is 14.6. The summed E-state index contributed by atoms with van der Waals surface area (Å²) in [5.41, 5.74) is -2.83. The van der Waals surface area contributed by atoms with E-state index in [-0.39, 0.29) is 5.75 Å². The van der Waals surface area contributed by atoms with Gasteiger partial charge in [-0.05, 0) is 12.1 Å². The Labute approximate surface area is 97.8 Å². The molecule has 1 aromatic rings. The van der Waals surface area contributed by atoms with Crippen molar-refractivity contribution in [2.24, 2.45) is 0 Å². The molecule has 102 valence electrons. The van der Waals surface area contributed by atoms with Gasteiger partial charge in [-0.1, -0.05) is 6.07 Å². The molecule has 0 unspecified atom stereocenters. The van der Waals surface area contributed by atoms with E-state index in [0.717, 1.165) is 13.2 Å². The van der Waals surface area contributed by atoms with Gasteiger partial charge < -0.3 is 9.84 Å². The lowest BCUT2D eigenvalue weighted by Crippen LogP contribution is -2.23. The van der Waals surface area contributed by atoms with Crippen molar-refractivity contribution in [3.8, 4) is 5.75 Å². The first-order valence-electron chi connectivity index (χ1n) is 4.57. The summed E-state index contributed by atoms with van der Waals surface area (Å²) in [5, 5.41) is 8.90. The number of ether oxygens (including phenoxy) is 1. The van der Waals surface area contributed by atoms with E-state index in [0.29, 0.717) is 12.1 Å². The van der Waals surface area contributed by atoms with Gasteiger partial charge in [0.1, 0.15) is 5.75 Å². The lowest BCUT2D eigenvalue weighted by Gasteiger charge is -2.20. The number of aliphatic hydroxyl groups excluding tert-OH is 1. The Bertz CT molecular complexity index is 423. The Morgan fingerprint density at radius 1 is 1.11 bits per heavy atom. The first-order valence-corrected chi connectivity index (χ1v) is 4.57. The standard InChI is InChI=1S/C10H8F6O2/c1-18-5-2-3-6(8(17)10(14,15)16)7(4-5)9(11,12)13/h2-4,8,17H,1H3/t8-/m0/s1. The van der Waals surface area contributed by atoms with Crippen molar-refractivity contribution in [1.29, 1.82) is 0 Å². The number of aliphatic hydroxyl groups is 1. The molecule has 0 saturated heterocycles. The Morgan fingerprint density at radius 2 is 1.67 bits per heavy atom. The Kier molecular flexibility index (Phi) is 3.80.